The SMILES string of the molecule is COCC(=O)N(Cc1ccccc1)c1cccc(CC(=O)NCCc2ccc(OC)cc2)c1. The van der Waals surface area contributed by atoms with E-state index in [1.165, 1.54) is 7.11 Å². The molecule has 0 spiro atoms. The molecule has 6 heteroatoms. The Balaban J connectivity index is 1.61. The van der Waals surface area contributed by atoms with Crippen molar-refractivity contribution in [3.8, 4) is 5.75 Å². The van der Waals surface area contributed by atoms with E-state index >= 15 is 0 Å². The summed E-state index contributed by atoms with van der Waals surface area (Å²) in [5.74, 6) is 0.619. The molecule has 0 saturated heterocycles. The first-order valence-electron chi connectivity index (χ1n) is 10.9. The summed E-state index contributed by atoms with van der Waals surface area (Å²) in [6.07, 6.45) is 0.986. The molecule has 172 valence electrons. The summed E-state index contributed by atoms with van der Waals surface area (Å²) in [6, 6.07) is 25.1. The van der Waals surface area contributed by atoms with Crippen LogP contribution >= 0.6 is 0 Å². The molecule has 6 nitrogen and oxygen atoms in total. The Kier molecular flexibility index (Phi) is 9.03. The van der Waals surface area contributed by atoms with Crippen LogP contribution in [-0.4, -0.2) is 39.2 Å². The van der Waals surface area contributed by atoms with E-state index in [0.717, 1.165) is 34.5 Å². The van der Waals surface area contributed by atoms with Crippen LogP contribution in [0.4, 0.5) is 5.69 Å². The van der Waals surface area contributed by atoms with Crippen molar-refractivity contribution in [1.82, 2.24) is 5.32 Å². The molecule has 33 heavy (non-hydrogen) atoms. The van der Waals surface area contributed by atoms with Crippen molar-refractivity contribution in [2.24, 2.45) is 0 Å². The van der Waals surface area contributed by atoms with Gasteiger partial charge < -0.3 is 19.7 Å². The molecule has 0 radical (unpaired) electrons. The summed E-state index contributed by atoms with van der Waals surface area (Å²) in [7, 11) is 3.14. The first kappa shape index (κ1) is 24.0. The van der Waals surface area contributed by atoms with E-state index < -0.39 is 0 Å². The summed E-state index contributed by atoms with van der Waals surface area (Å²) in [4.78, 5) is 26.9. The Labute approximate surface area is 195 Å². The fraction of sp³-hybridized carbons (Fsp3) is 0.259. The number of carbonyl (C=O) groups is 2. The molecule has 0 saturated carbocycles. The van der Waals surface area contributed by atoms with Crippen molar-refractivity contribution in [3.63, 3.8) is 0 Å². The number of hydrogen-bond donors (Lipinski definition) is 1. The molecular formula is C27H30N2O4. The van der Waals surface area contributed by atoms with Crippen molar-refractivity contribution in [3.05, 3.63) is 95.6 Å². The molecule has 2 amide bonds. The van der Waals surface area contributed by atoms with Gasteiger partial charge in [-0.25, -0.2) is 0 Å². The highest BCUT2D eigenvalue weighted by atomic mass is 16.5. The van der Waals surface area contributed by atoms with E-state index in [9.17, 15) is 9.59 Å². The highest BCUT2D eigenvalue weighted by Crippen LogP contribution is 2.20. The number of benzene rings is 3. The van der Waals surface area contributed by atoms with Crippen LogP contribution in [-0.2, 0) is 33.7 Å². The van der Waals surface area contributed by atoms with Crippen LogP contribution in [0.25, 0.3) is 0 Å². The second-order valence-electron chi connectivity index (χ2n) is 7.69. The average molecular weight is 447 g/mol. The smallest absolute Gasteiger partial charge is 0.253 e. The van der Waals surface area contributed by atoms with Crippen molar-refractivity contribution < 1.29 is 19.1 Å². The molecule has 1 N–H and O–H groups in total. The predicted octanol–water partition coefficient (Wildman–Crippen LogP) is 3.78. The second kappa shape index (κ2) is 12.4. The molecule has 0 aliphatic rings. The van der Waals surface area contributed by atoms with Gasteiger partial charge in [-0.1, -0.05) is 54.6 Å². The summed E-state index contributed by atoms with van der Waals surface area (Å²) >= 11 is 0. The van der Waals surface area contributed by atoms with E-state index in [4.69, 9.17) is 9.47 Å². The Hall–Kier alpha value is -3.64. The third kappa shape index (κ3) is 7.47. The lowest BCUT2D eigenvalue weighted by Crippen LogP contribution is -2.33. The van der Waals surface area contributed by atoms with Crippen molar-refractivity contribution >= 4 is 17.5 Å². The average Bonchev–Trinajstić information content (AvgIpc) is 2.84. The lowest BCUT2D eigenvalue weighted by molar-refractivity contribution is -0.122. The molecule has 0 heterocycles. The molecule has 0 aromatic heterocycles. The number of nitrogens with one attached hydrogen (secondary N) is 1. The molecule has 3 aromatic rings. The molecule has 3 aromatic carbocycles. The first-order valence-corrected chi connectivity index (χ1v) is 10.9. The van der Waals surface area contributed by atoms with Gasteiger partial charge in [0.2, 0.25) is 5.91 Å². The fourth-order valence-electron chi connectivity index (χ4n) is 3.51. The number of carbonyl (C=O) groups excluding carboxylic acids is 2. The summed E-state index contributed by atoms with van der Waals surface area (Å²) in [5.41, 5.74) is 3.73. The maximum absolute atomic E-state index is 12.7. The number of methoxy groups -OCH3 is 2. The van der Waals surface area contributed by atoms with Gasteiger partial charge in [-0.3, -0.25) is 9.59 Å². The van der Waals surface area contributed by atoms with Gasteiger partial charge in [0.1, 0.15) is 12.4 Å². The maximum atomic E-state index is 12.7. The fourth-order valence-corrected chi connectivity index (χ4v) is 3.51. The van der Waals surface area contributed by atoms with Gasteiger partial charge >= 0.3 is 0 Å². The van der Waals surface area contributed by atoms with Crippen LogP contribution in [0.1, 0.15) is 16.7 Å². The number of hydrogen-bond acceptors (Lipinski definition) is 4. The van der Waals surface area contributed by atoms with Crippen LogP contribution in [0.5, 0.6) is 5.75 Å². The molecule has 3 rings (SSSR count). The van der Waals surface area contributed by atoms with Gasteiger partial charge in [-0.15, -0.1) is 0 Å². The van der Waals surface area contributed by atoms with Gasteiger partial charge in [0.25, 0.3) is 5.91 Å². The second-order valence-corrected chi connectivity index (χ2v) is 7.69. The normalized spacial score (nSPS) is 10.5. The highest BCUT2D eigenvalue weighted by Gasteiger charge is 2.17. The summed E-state index contributed by atoms with van der Waals surface area (Å²) < 4.78 is 10.2. The zero-order valence-corrected chi connectivity index (χ0v) is 19.1. The first-order chi connectivity index (χ1) is 16.1. The number of ether oxygens (including phenoxy) is 2. The lowest BCUT2D eigenvalue weighted by Gasteiger charge is -2.23. The van der Waals surface area contributed by atoms with Gasteiger partial charge in [0, 0.05) is 19.3 Å². The van der Waals surface area contributed by atoms with Gasteiger partial charge in [0.15, 0.2) is 0 Å². The minimum Gasteiger partial charge on any atom is -0.497 e. The molecule has 0 fully saturated rings. The lowest BCUT2D eigenvalue weighted by atomic mass is 10.1. The van der Waals surface area contributed by atoms with Crippen LogP contribution in [0.3, 0.4) is 0 Å². The topological polar surface area (TPSA) is 67.9 Å². The van der Waals surface area contributed by atoms with Crippen LogP contribution in [0, 0.1) is 0 Å². The molecule has 0 aliphatic heterocycles. The largest absolute Gasteiger partial charge is 0.497 e. The standard InChI is InChI=1S/C27H30N2O4/c1-32-20-27(31)29(19-22-7-4-3-5-8-22)24-10-6-9-23(17-24)18-26(30)28-16-15-21-11-13-25(33-2)14-12-21/h3-14,17H,15-16,18-20H2,1-2H3,(H,28,30). The number of rotatable bonds is 11. The molecule has 0 atom stereocenters. The molecule has 0 aliphatic carbocycles. The van der Waals surface area contributed by atoms with Crippen LogP contribution in [0.15, 0.2) is 78.9 Å². The Morgan fingerprint density at radius 3 is 2.27 bits per heavy atom. The van der Waals surface area contributed by atoms with Crippen LogP contribution < -0.4 is 15.0 Å². The summed E-state index contributed by atoms with van der Waals surface area (Å²) in [5, 5.41) is 2.97. The van der Waals surface area contributed by atoms with Crippen LogP contribution in [0.2, 0.25) is 0 Å². The quantitative estimate of drug-likeness (QED) is 0.487. The minimum absolute atomic E-state index is 0.0110. The Bertz CT molecular complexity index is 1040. The third-order valence-electron chi connectivity index (χ3n) is 5.23. The number of nitrogens with zero attached hydrogens (tertiary/aromatic N) is 1. The Morgan fingerprint density at radius 2 is 1.58 bits per heavy atom. The van der Waals surface area contributed by atoms with E-state index in [1.54, 1.807) is 12.0 Å². The van der Waals surface area contributed by atoms with E-state index in [-0.39, 0.29) is 24.8 Å². The van der Waals surface area contributed by atoms with Gasteiger partial charge in [0.05, 0.1) is 20.1 Å². The predicted molar refractivity (Wildman–Crippen MR) is 129 cm³/mol. The third-order valence-corrected chi connectivity index (χ3v) is 5.23. The number of anilines is 1. The number of amides is 2. The minimum atomic E-state index is -0.137. The van der Waals surface area contributed by atoms with Crippen molar-refractivity contribution in [1.29, 1.82) is 0 Å². The van der Waals surface area contributed by atoms with Gasteiger partial charge in [-0.05, 0) is 47.4 Å². The van der Waals surface area contributed by atoms with Crippen molar-refractivity contribution in [2.75, 3.05) is 32.3 Å². The Morgan fingerprint density at radius 1 is 0.848 bits per heavy atom. The van der Waals surface area contributed by atoms with Gasteiger partial charge in [-0.2, -0.15) is 0 Å². The summed E-state index contributed by atoms with van der Waals surface area (Å²) in [6.45, 7) is 0.973. The maximum Gasteiger partial charge on any atom is 0.253 e. The van der Waals surface area contributed by atoms with E-state index in [1.807, 2.05) is 78.9 Å². The molecule has 0 bridgehead atoms. The molecule has 0 unspecified atom stereocenters. The highest BCUT2D eigenvalue weighted by molar-refractivity contribution is 5.94. The monoisotopic (exact) mass is 446 g/mol. The van der Waals surface area contributed by atoms with E-state index in [2.05, 4.69) is 5.32 Å². The van der Waals surface area contributed by atoms with Crippen molar-refractivity contribution in [2.45, 2.75) is 19.4 Å². The zero-order chi connectivity index (χ0) is 23.5. The zero-order valence-electron chi connectivity index (χ0n) is 19.1. The molecular weight excluding hydrogens is 416 g/mol. The van der Waals surface area contributed by atoms with E-state index in [0.29, 0.717) is 13.1 Å².